The molecule has 0 aromatic carbocycles. The van der Waals surface area contributed by atoms with Crippen LogP contribution in [0.5, 0.6) is 0 Å². The van der Waals surface area contributed by atoms with Gasteiger partial charge in [0.1, 0.15) is 30.2 Å². The minimum Gasteiger partial charge on any atom is -0.481 e. The molecule has 15 N–H and O–H groups in total. The first kappa shape index (κ1) is 46.9. The average molecular weight is 745 g/mol. The molecule has 0 aliphatic heterocycles. The Bertz CT molecular complexity index is 1270. The summed E-state index contributed by atoms with van der Waals surface area (Å²) in [6.07, 6.45) is -0.292. The molecule has 7 atom stereocenters. The first-order valence-electron chi connectivity index (χ1n) is 16.9. The van der Waals surface area contributed by atoms with Gasteiger partial charge in [-0.05, 0) is 44.4 Å². The van der Waals surface area contributed by atoms with Crippen molar-refractivity contribution in [2.75, 3.05) is 19.7 Å². The number of amides is 6. The number of aliphatic hydroxyl groups excluding tert-OH is 1. The number of hydrogen-bond donors (Lipinski definition) is 12. The van der Waals surface area contributed by atoms with E-state index in [9.17, 15) is 48.6 Å². The Kier molecular flexibility index (Phi) is 21.8. The number of nitrogens with two attached hydrogens (primary N) is 3. The van der Waals surface area contributed by atoms with Gasteiger partial charge in [0.15, 0.2) is 5.96 Å². The van der Waals surface area contributed by atoms with Crippen LogP contribution < -0.4 is 49.1 Å². The minimum absolute atomic E-state index is 0.0470. The normalized spacial score (nSPS) is 14.9. The van der Waals surface area contributed by atoms with Gasteiger partial charge in [0.05, 0.1) is 19.2 Å². The van der Waals surface area contributed by atoms with Crippen molar-refractivity contribution in [3.05, 3.63) is 0 Å². The van der Waals surface area contributed by atoms with Crippen LogP contribution in [-0.4, -0.2) is 125 Å². The Morgan fingerprint density at radius 3 is 1.79 bits per heavy atom. The summed E-state index contributed by atoms with van der Waals surface area (Å²) in [5, 5.41) is 42.3. The van der Waals surface area contributed by atoms with Crippen LogP contribution in [0.2, 0.25) is 0 Å². The van der Waals surface area contributed by atoms with Crippen molar-refractivity contribution in [1.29, 1.82) is 0 Å². The Labute approximate surface area is 302 Å². The smallest absolute Gasteiger partial charge is 0.326 e. The van der Waals surface area contributed by atoms with Gasteiger partial charge in [0.25, 0.3) is 0 Å². The quantitative estimate of drug-likeness (QED) is 0.0241. The van der Waals surface area contributed by atoms with E-state index in [4.69, 9.17) is 22.3 Å². The number of aliphatic imine (C=N–C) groups is 1. The van der Waals surface area contributed by atoms with Crippen LogP contribution in [-0.2, 0) is 38.4 Å². The third-order valence-corrected chi connectivity index (χ3v) is 7.64. The summed E-state index contributed by atoms with van der Waals surface area (Å²) in [7, 11) is 0. The van der Waals surface area contributed by atoms with Crippen molar-refractivity contribution in [3.63, 3.8) is 0 Å². The molecule has 0 saturated heterocycles. The number of rotatable bonds is 25. The van der Waals surface area contributed by atoms with Crippen LogP contribution in [0.1, 0.15) is 73.1 Å². The summed E-state index contributed by atoms with van der Waals surface area (Å²) in [6, 6.07) is -7.65. The van der Waals surface area contributed by atoms with Gasteiger partial charge < -0.3 is 64.4 Å². The molecule has 0 unspecified atom stereocenters. The summed E-state index contributed by atoms with van der Waals surface area (Å²) in [5.41, 5.74) is 16.3. The van der Waals surface area contributed by atoms with Crippen LogP contribution in [0.25, 0.3) is 0 Å². The molecule has 0 aromatic heterocycles. The van der Waals surface area contributed by atoms with Crippen molar-refractivity contribution in [2.45, 2.75) is 109 Å². The second-order valence-electron chi connectivity index (χ2n) is 12.7. The largest absolute Gasteiger partial charge is 0.481 e. The van der Waals surface area contributed by atoms with Crippen molar-refractivity contribution in [2.24, 2.45) is 34.0 Å². The van der Waals surface area contributed by atoms with E-state index in [0.29, 0.717) is 6.42 Å². The van der Waals surface area contributed by atoms with E-state index in [1.165, 1.54) is 6.92 Å². The third kappa shape index (κ3) is 18.8. The molecule has 21 nitrogen and oxygen atoms in total. The van der Waals surface area contributed by atoms with E-state index < -0.39 is 110 Å². The number of carboxylic acid groups (broad SMARTS) is 2. The van der Waals surface area contributed by atoms with Crippen LogP contribution in [0, 0.1) is 11.8 Å². The van der Waals surface area contributed by atoms with Gasteiger partial charge in [-0.25, -0.2) is 4.79 Å². The fourth-order valence-corrected chi connectivity index (χ4v) is 4.52. The maximum atomic E-state index is 13.2. The fourth-order valence-electron chi connectivity index (χ4n) is 4.52. The maximum absolute atomic E-state index is 13.2. The zero-order chi connectivity index (χ0) is 40.1. The zero-order valence-electron chi connectivity index (χ0n) is 30.3. The number of guanidine groups is 1. The lowest BCUT2D eigenvalue weighted by atomic mass is 9.96. The van der Waals surface area contributed by atoms with Gasteiger partial charge in [-0.2, -0.15) is 0 Å². The van der Waals surface area contributed by atoms with E-state index >= 15 is 0 Å². The number of nitrogens with zero attached hydrogens (tertiary/aromatic N) is 1. The molecule has 296 valence electrons. The van der Waals surface area contributed by atoms with Crippen molar-refractivity contribution in [3.8, 4) is 0 Å². The first-order valence-corrected chi connectivity index (χ1v) is 16.9. The van der Waals surface area contributed by atoms with Gasteiger partial charge in [0, 0.05) is 13.0 Å². The molecule has 0 heterocycles. The van der Waals surface area contributed by atoms with E-state index in [0.717, 1.165) is 0 Å². The molecule has 0 radical (unpaired) electrons. The van der Waals surface area contributed by atoms with Gasteiger partial charge >= 0.3 is 11.9 Å². The first-order chi connectivity index (χ1) is 24.2. The predicted octanol–water partition coefficient (Wildman–Crippen LogP) is -4.04. The SMILES string of the molecule is CC[C@H](C)[C@H](NC(=O)[C@H](C)N)C(=O)N[C@@H](CC(C)C)C(=O)NCC(=O)N[C@@H](CCCN=C(N)N)C(=O)N[C@@H](CO)C(=O)N[C@@H](CCC(=O)O)C(=O)O. The van der Waals surface area contributed by atoms with E-state index in [1.807, 2.05) is 20.8 Å². The standard InChI is InChI=1S/C31H56N10O11/c1-6-16(4)24(41-25(46)17(5)32)29(50)39-20(12-15(2)3)26(47)36-13-22(43)37-18(8-7-11-35-31(33)34)27(48)40-21(14-42)28(49)38-19(30(51)52)9-10-23(44)45/h15-21,24,42H,6-14,32H2,1-5H3,(H,36,47)(H,37,43)(H,38,49)(H,39,50)(H,40,48)(H,41,46)(H,44,45)(H,51,52)(H4,33,34,35)/t16-,17-,18-,19-,20-,21-,24-/m0/s1. The summed E-state index contributed by atoms with van der Waals surface area (Å²) < 4.78 is 0. The highest BCUT2D eigenvalue weighted by atomic mass is 16.4. The molecule has 0 aliphatic carbocycles. The molecule has 0 rings (SSSR count). The topological polar surface area (TPSA) is 360 Å². The summed E-state index contributed by atoms with van der Waals surface area (Å²) in [6.45, 7) is 7.08. The lowest BCUT2D eigenvalue weighted by molar-refractivity contribution is -0.143. The fraction of sp³-hybridized carbons (Fsp3) is 0.710. The third-order valence-electron chi connectivity index (χ3n) is 7.64. The second kappa shape index (κ2) is 24.2. The molecule has 0 fully saturated rings. The summed E-state index contributed by atoms with van der Waals surface area (Å²) >= 11 is 0. The highest BCUT2D eigenvalue weighted by Gasteiger charge is 2.32. The van der Waals surface area contributed by atoms with Crippen molar-refractivity contribution in [1.82, 2.24) is 31.9 Å². The molecule has 0 spiro atoms. The van der Waals surface area contributed by atoms with E-state index in [2.05, 4.69) is 36.9 Å². The van der Waals surface area contributed by atoms with Crippen LogP contribution in [0.4, 0.5) is 0 Å². The summed E-state index contributed by atoms with van der Waals surface area (Å²) in [4.78, 5) is 104. The van der Waals surface area contributed by atoms with Gasteiger partial charge in [-0.15, -0.1) is 0 Å². The predicted molar refractivity (Wildman–Crippen MR) is 187 cm³/mol. The molecule has 6 amide bonds. The second-order valence-corrected chi connectivity index (χ2v) is 12.7. The lowest BCUT2D eigenvalue weighted by Gasteiger charge is -2.27. The number of carbonyl (C=O) groups is 8. The van der Waals surface area contributed by atoms with Crippen molar-refractivity contribution >= 4 is 53.3 Å². The molecule has 0 saturated carbocycles. The van der Waals surface area contributed by atoms with Crippen LogP contribution >= 0.6 is 0 Å². The zero-order valence-corrected chi connectivity index (χ0v) is 30.3. The van der Waals surface area contributed by atoms with Crippen LogP contribution in [0.15, 0.2) is 4.99 Å². The number of hydrogen-bond acceptors (Lipinski definition) is 11. The maximum Gasteiger partial charge on any atom is 0.326 e. The Balaban J connectivity index is 5.81. The number of aliphatic hydroxyl groups is 1. The Hall–Kier alpha value is -5.05. The molecular formula is C31H56N10O11. The molecule has 0 aliphatic rings. The highest BCUT2D eigenvalue weighted by molar-refractivity contribution is 5.96. The molecule has 52 heavy (non-hydrogen) atoms. The highest BCUT2D eigenvalue weighted by Crippen LogP contribution is 2.11. The summed E-state index contributed by atoms with van der Waals surface area (Å²) in [5.74, 6) is -8.29. The lowest BCUT2D eigenvalue weighted by Crippen LogP contribution is -2.58. The van der Waals surface area contributed by atoms with Crippen LogP contribution in [0.3, 0.4) is 0 Å². The van der Waals surface area contributed by atoms with E-state index in [-0.39, 0.29) is 43.6 Å². The number of aliphatic carboxylic acids is 2. The Morgan fingerprint density at radius 2 is 1.29 bits per heavy atom. The minimum atomic E-state index is -1.69. The van der Waals surface area contributed by atoms with E-state index in [1.54, 1.807) is 6.92 Å². The van der Waals surface area contributed by atoms with Gasteiger partial charge in [-0.1, -0.05) is 34.1 Å². The van der Waals surface area contributed by atoms with Crippen molar-refractivity contribution < 1.29 is 53.7 Å². The molecule has 0 aromatic rings. The molecule has 21 heteroatoms. The molecular weight excluding hydrogens is 688 g/mol. The average Bonchev–Trinajstić information content (AvgIpc) is 3.06. The number of carbonyl (C=O) groups excluding carboxylic acids is 6. The Morgan fingerprint density at radius 1 is 0.712 bits per heavy atom. The number of carboxylic acids is 2. The van der Waals surface area contributed by atoms with Gasteiger partial charge in [0.2, 0.25) is 35.4 Å². The molecule has 0 bridgehead atoms. The monoisotopic (exact) mass is 744 g/mol. The van der Waals surface area contributed by atoms with Gasteiger partial charge in [-0.3, -0.25) is 38.6 Å². The number of nitrogens with one attached hydrogen (secondary N) is 6.